The van der Waals surface area contributed by atoms with E-state index in [2.05, 4.69) is 32.6 Å². The Kier molecular flexibility index (Phi) is 15.4. The fraction of sp³-hybridized carbons (Fsp3) is 0.889. The standard InChI is InChI=1S/C6H15N.C3H8N/c1-4-7(5-2)6-3;1-2-3-4/h4-6H2,1-3H3;1-4H2. The van der Waals surface area contributed by atoms with Crippen molar-refractivity contribution < 1.29 is 0 Å². The highest BCUT2D eigenvalue weighted by molar-refractivity contribution is 4.43. The van der Waals surface area contributed by atoms with Gasteiger partial charge < -0.3 is 10.6 Å². The lowest BCUT2D eigenvalue weighted by molar-refractivity contribution is 0.321. The van der Waals surface area contributed by atoms with E-state index in [4.69, 9.17) is 5.73 Å². The van der Waals surface area contributed by atoms with Gasteiger partial charge in [0.15, 0.2) is 0 Å². The monoisotopic (exact) mass is 159 g/mol. The van der Waals surface area contributed by atoms with Crippen LogP contribution in [-0.2, 0) is 0 Å². The molecule has 0 aliphatic rings. The summed E-state index contributed by atoms with van der Waals surface area (Å²) in [6, 6.07) is 0. The summed E-state index contributed by atoms with van der Waals surface area (Å²) in [5, 5.41) is 0. The first kappa shape index (κ1) is 13.5. The molecule has 0 rings (SSSR count). The zero-order valence-corrected chi connectivity index (χ0v) is 8.27. The molecule has 2 N–H and O–H groups in total. The fourth-order valence-corrected chi connectivity index (χ4v) is 0.671. The Morgan fingerprint density at radius 1 is 1.09 bits per heavy atom. The van der Waals surface area contributed by atoms with Crippen molar-refractivity contribution in [1.82, 2.24) is 4.90 Å². The second-order valence-electron chi connectivity index (χ2n) is 2.26. The molecule has 0 saturated heterocycles. The molecule has 0 atom stereocenters. The van der Waals surface area contributed by atoms with Gasteiger partial charge in [0, 0.05) is 0 Å². The SMILES string of the molecule is CCN(CC)CC.[CH2]CCN. The van der Waals surface area contributed by atoms with E-state index in [0.717, 1.165) is 6.42 Å². The van der Waals surface area contributed by atoms with Crippen LogP contribution in [0.25, 0.3) is 0 Å². The predicted octanol–water partition coefficient (Wildman–Crippen LogP) is 1.52. The van der Waals surface area contributed by atoms with Crippen LogP contribution >= 0.6 is 0 Å². The summed E-state index contributed by atoms with van der Waals surface area (Å²) in [4.78, 5) is 2.38. The summed E-state index contributed by atoms with van der Waals surface area (Å²) < 4.78 is 0. The summed E-state index contributed by atoms with van der Waals surface area (Å²) in [5.41, 5.74) is 4.97. The Bertz CT molecular complexity index is 44.0. The van der Waals surface area contributed by atoms with Crippen LogP contribution in [0.3, 0.4) is 0 Å². The molecule has 0 aliphatic heterocycles. The number of hydrogen-bond acceptors (Lipinski definition) is 2. The van der Waals surface area contributed by atoms with Crippen LogP contribution in [0.2, 0.25) is 0 Å². The van der Waals surface area contributed by atoms with Gasteiger partial charge in [0.05, 0.1) is 0 Å². The predicted molar refractivity (Wildman–Crippen MR) is 52.5 cm³/mol. The Hall–Kier alpha value is -0.0800. The van der Waals surface area contributed by atoms with Crippen molar-refractivity contribution in [2.75, 3.05) is 26.2 Å². The van der Waals surface area contributed by atoms with Crippen molar-refractivity contribution in [3.63, 3.8) is 0 Å². The first-order chi connectivity index (χ1) is 5.26. The molecule has 0 aromatic rings. The van der Waals surface area contributed by atoms with E-state index >= 15 is 0 Å². The van der Waals surface area contributed by atoms with E-state index in [1.807, 2.05) is 0 Å². The van der Waals surface area contributed by atoms with E-state index < -0.39 is 0 Å². The first-order valence-corrected chi connectivity index (χ1v) is 4.48. The average Bonchev–Trinajstić information content (AvgIpc) is 2.08. The highest BCUT2D eigenvalue weighted by Crippen LogP contribution is 1.81. The minimum atomic E-state index is 0.708. The van der Waals surface area contributed by atoms with Crippen LogP contribution in [0.5, 0.6) is 0 Å². The van der Waals surface area contributed by atoms with Gasteiger partial charge in [-0.25, -0.2) is 0 Å². The molecular weight excluding hydrogens is 136 g/mol. The maximum absolute atomic E-state index is 4.97. The molecule has 2 heteroatoms. The van der Waals surface area contributed by atoms with Gasteiger partial charge in [0.2, 0.25) is 0 Å². The van der Waals surface area contributed by atoms with Gasteiger partial charge >= 0.3 is 0 Å². The van der Waals surface area contributed by atoms with Crippen LogP contribution < -0.4 is 5.73 Å². The molecule has 0 aromatic carbocycles. The molecule has 0 heterocycles. The Morgan fingerprint density at radius 3 is 1.36 bits per heavy atom. The molecule has 0 saturated carbocycles. The van der Waals surface area contributed by atoms with Crippen LogP contribution in [0.15, 0.2) is 0 Å². The van der Waals surface area contributed by atoms with Gasteiger partial charge in [0.25, 0.3) is 0 Å². The van der Waals surface area contributed by atoms with Crippen molar-refractivity contribution >= 4 is 0 Å². The molecule has 0 bridgehead atoms. The molecular formula is C9H23N2. The summed E-state index contributed by atoms with van der Waals surface area (Å²) >= 11 is 0. The lowest BCUT2D eigenvalue weighted by Gasteiger charge is -2.13. The summed E-state index contributed by atoms with van der Waals surface area (Å²) in [6.45, 7) is 14.3. The second-order valence-corrected chi connectivity index (χ2v) is 2.26. The van der Waals surface area contributed by atoms with E-state index in [-0.39, 0.29) is 0 Å². The maximum Gasteiger partial charge on any atom is -0.00474 e. The number of rotatable bonds is 4. The Labute approximate surface area is 71.8 Å². The van der Waals surface area contributed by atoms with Crippen molar-refractivity contribution in [3.05, 3.63) is 6.92 Å². The van der Waals surface area contributed by atoms with Crippen LogP contribution in [0.1, 0.15) is 27.2 Å². The van der Waals surface area contributed by atoms with Crippen LogP contribution in [0.4, 0.5) is 0 Å². The van der Waals surface area contributed by atoms with Crippen molar-refractivity contribution in [3.8, 4) is 0 Å². The van der Waals surface area contributed by atoms with Gasteiger partial charge in [-0.15, -0.1) is 0 Å². The maximum atomic E-state index is 4.97. The topological polar surface area (TPSA) is 29.3 Å². The molecule has 0 aliphatic carbocycles. The molecule has 11 heavy (non-hydrogen) atoms. The molecule has 0 fully saturated rings. The third kappa shape index (κ3) is 13.0. The molecule has 69 valence electrons. The highest BCUT2D eigenvalue weighted by atomic mass is 15.1. The average molecular weight is 159 g/mol. The highest BCUT2D eigenvalue weighted by Gasteiger charge is 1.89. The van der Waals surface area contributed by atoms with Gasteiger partial charge in [-0.05, 0) is 32.6 Å². The van der Waals surface area contributed by atoms with Gasteiger partial charge in [0.1, 0.15) is 0 Å². The van der Waals surface area contributed by atoms with Crippen molar-refractivity contribution in [2.24, 2.45) is 5.73 Å². The van der Waals surface area contributed by atoms with E-state index in [9.17, 15) is 0 Å². The smallest absolute Gasteiger partial charge is 0.00474 e. The Morgan fingerprint density at radius 2 is 1.36 bits per heavy atom. The Balaban J connectivity index is 0. The van der Waals surface area contributed by atoms with Crippen LogP contribution in [-0.4, -0.2) is 31.1 Å². The zero-order chi connectivity index (χ0) is 9.11. The third-order valence-electron chi connectivity index (χ3n) is 1.55. The van der Waals surface area contributed by atoms with Gasteiger partial charge in [-0.1, -0.05) is 27.7 Å². The van der Waals surface area contributed by atoms with Crippen molar-refractivity contribution in [2.45, 2.75) is 27.2 Å². The first-order valence-electron chi connectivity index (χ1n) is 4.48. The van der Waals surface area contributed by atoms with Crippen LogP contribution in [0, 0.1) is 6.92 Å². The molecule has 0 aromatic heterocycles. The number of hydrogen-bond donors (Lipinski definition) is 1. The van der Waals surface area contributed by atoms with Gasteiger partial charge in [-0.2, -0.15) is 0 Å². The minimum Gasteiger partial charge on any atom is -0.330 e. The van der Waals surface area contributed by atoms with E-state index in [1.54, 1.807) is 0 Å². The number of nitrogens with zero attached hydrogens (tertiary/aromatic N) is 1. The summed E-state index contributed by atoms with van der Waals surface area (Å²) in [6.07, 6.45) is 0.847. The molecule has 1 radical (unpaired) electrons. The van der Waals surface area contributed by atoms with E-state index in [0.29, 0.717) is 6.54 Å². The normalized spacial score (nSPS) is 9.27. The summed E-state index contributed by atoms with van der Waals surface area (Å²) in [7, 11) is 0. The number of nitrogens with two attached hydrogens (primary N) is 1. The molecule has 0 amide bonds. The molecule has 2 nitrogen and oxygen atoms in total. The lowest BCUT2D eigenvalue weighted by Crippen LogP contribution is -2.21. The fourth-order valence-electron chi connectivity index (χ4n) is 0.671. The van der Waals surface area contributed by atoms with E-state index in [1.165, 1.54) is 19.6 Å². The van der Waals surface area contributed by atoms with Crippen molar-refractivity contribution in [1.29, 1.82) is 0 Å². The molecule has 0 spiro atoms. The lowest BCUT2D eigenvalue weighted by atomic mass is 10.5. The second kappa shape index (κ2) is 12.6. The largest absolute Gasteiger partial charge is 0.330 e. The zero-order valence-electron chi connectivity index (χ0n) is 8.27. The van der Waals surface area contributed by atoms with Gasteiger partial charge in [-0.3, -0.25) is 0 Å². The third-order valence-corrected chi connectivity index (χ3v) is 1.55. The summed E-state index contributed by atoms with van der Waals surface area (Å²) in [5.74, 6) is 0. The minimum absolute atomic E-state index is 0.708. The molecule has 0 unspecified atom stereocenters. The quantitative estimate of drug-likeness (QED) is 0.674.